The molecule has 1 aliphatic heterocycles. The van der Waals surface area contributed by atoms with E-state index in [0.29, 0.717) is 44.3 Å². The maximum Gasteiger partial charge on any atom is 0.409 e. The Hall–Kier alpha value is -2.11. The number of rotatable bonds is 3. The summed E-state index contributed by atoms with van der Waals surface area (Å²) in [5.41, 5.74) is 1.47. The first-order valence-electron chi connectivity index (χ1n) is 8.11. The summed E-state index contributed by atoms with van der Waals surface area (Å²) in [5, 5.41) is 0. The summed E-state index contributed by atoms with van der Waals surface area (Å²) in [4.78, 5) is 32.2. The third-order valence-corrected chi connectivity index (χ3v) is 3.74. The van der Waals surface area contributed by atoms with Crippen molar-refractivity contribution in [1.82, 2.24) is 14.8 Å². The zero-order valence-corrected chi connectivity index (χ0v) is 14.1. The molecule has 23 heavy (non-hydrogen) atoms. The van der Waals surface area contributed by atoms with Crippen LogP contribution in [-0.4, -0.2) is 59.6 Å². The van der Waals surface area contributed by atoms with Crippen LogP contribution >= 0.6 is 0 Å². The first-order valence-corrected chi connectivity index (χ1v) is 8.11. The number of hydrogen-bond donors (Lipinski definition) is 0. The number of aromatic nitrogens is 1. The third kappa shape index (κ3) is 4.94. The van der Waals surface area contributed by atoms with Crippen molar-refractivity contribution in [3.63, 3.8) is 0 Å². The summed E-state index contributed by atoms with van der Waals surface area (Å²) in [6.45, 7) is 8.60. The molecule has 0 unspecified atom stereocenters. The fraction of sp³-hybridized carbons (Fsp3) is 0.588. The van der Waals surface area contributed by atoms with Gasteiger partial charge in [0, 0.05) is 38.1 Å². The van der Waals surface area contributed by atoms with E-state index in [1.165, 1.54) is 0 Å². The molecule has 2 rings (SSSR count). The molecule has 6 nitrogen and oxygen atoms in total. The standard InChI is InChI=1S/C17H25N3O3/c1-13(2)12-23-17(22)20-8-4-7-19(9-10-20)16(21)15-6-5-14(3)18-11-15/h5-6,11,13H,4,7-10,12H2,1-3H3. The minimum atomic E-state index is -0.287. The number of ether oxygens (including phenoxy) is 1. The van der Waals surface area contributed by atoms with Gasteiger partial charge in [0.25, 0.3) is 5.91 Å². The number of nitrogens with zero attached hydrogens (tertiary/aromatic N) is 3. The van der Waals surface area contributed by atoms with Crippen LogP contribution in [0, 0.1) is 12.8 Å². The van der Waals surface area contributed by atoms with Crippen molar-refractivity contribution in [3.8, 4) is 0 Å². The van der Waals surface area contributed by atoms with Crippen molar-refractivity contribution in [3.05, 3.63) is 29.6 Å². The molecule has 2 amide bonds. The van der Waals surface area contributed by atoms with Gasteiger partial charge in [0.2, 0.25) is 0 Å². The zero-order chi connectivity index (χ0) is 16.8. The second kappa shape index (κ2) is 7.94. The summed E-state index contributed by atoms with van der Waals surface area (Å²) >= 11 is 0. The number of amides is 2. The molecule has 0 bridgehead atoms. The molecule has 1 aliphatic rings. The Labute approximate surface area is 137 Å². The van der Waals surface area contributed by atoms with E-state index < -0.39 is 0 Å². The third-order valence-electron chi connectivity index (χ3n) is 3.74. The molecule has 6 heteroatoms. The second-order valence-electron chi connectivity index (χ2n) is 6.29. The van der Waals surface area contributed by atoms with Crippen molar-refractivity contribution in [2.24, 2.45) is 5.92 Å². The Morgan fingerprint density at radius 1 is 1.17 bits per heavy atom. The lowest BCUT2D eigenvalue weighted by Crippen LogP contribution is -2.38. The van der Waals surface area contributed by atoms with Gasteiger partial charge >= 0.3 is 6.09 Å². The Kier molecular flexibility index (Phi) is 5.96. The smallest absolute Gasteiger partial charge is 0.409 e. The number of hydrogen-bond acceptors (Lipinski definition) is 4. The zero-order valence-electron chi connectivity index (χ0n) is 14.1. The van der Waals surface area contributed by atoms with Crippen LogP contribution in [0.1, 0.15) is 36.3 Å². The normalized spacial score (nSPS) is 15.5. The molecule has 126 valence electrons. The highest BCUT2D eigenvalue weighted by Crippen LogP contribution is 2.10. The van der Waals surface area contributed by atoms with Crippen LogP contribution in [0.15, 0.2) is 18.3 Å². The van der Waals surface area contributed by atoms with Gasteiger partial charge in [-0.05, 0) is 31.4 Å². The quantitative estimate of drug-likeness (QED) is 0.858. The van der Waals surface area contributed by atoms with E-state index in [4.69, 9.17) is 4.74 Å². The molecule has 0 radical (unpaired) electrons. The van der Waals surface area contributed by atoms with Gasteiger partial charge in [0.05, 0.1) is 12.2 Å². The summed E-state index contributed by atoms with van der Waals surface area (Å²) in [6.07, 6.45) is 2.07. The maximum atomic E-state index is 12.5. The summed E-state index contributed by atoms with van der Waals surface area (Å²) in [7, 11) is 0. The van der Waals surface area contributed by atoms with E-state index in [1.807, 2.05) is 26.8 Å². The molecule has 1 aromatic rings. The van der Waals surface area contributed by atoms with Gasteiger partial charge in [-0.2, -0.15) is 0 Å². The van der Waals surface area contributed by atoms with Crippen molar-refractivity contribution in [2.45, 2.75) is 27.2 Å². The molecule has 1 fully saturated rings. The fourth-order valence-electron chi connectivity index (χ4n) is 2.41. The van der Waals surface area contributed by atoms with Gasteiger partial charge in [-0.25, -0.2) is 4.79 Å². The van der Waals surface area contributed by atoms with E-state index in [1.54, 1.807) is 22.1 Å². The molecule has 0 aliphatic carbocycles. The minimum Gasteiger partial charge on any atom is -0.449 e. The largest absolute Gasteiger partial charge is 0.449 e. The molecular weight excluding hydrogens is 294 g/mol. The Balaban J connectivity index is 1.91. The molecule has 0 aromatic carbocycles. The lowest BCUT2D eigenvalue weighted by atomic mass is 10.2. The van der Waals surface area contributed by atoms with Crippen molar-refractivity contribution in [2.75, 3.05) is 32.8 Å². The molecular formula is C17H25N3O3. The predicted molar refractivity (Wildman–Crippen MR) is 87.3 cm³/mol. The van der Waals surface area contributed by atoms with E-state index in [0.717, 1.165) is 12.1 Å². The molecule has 0 N–H and O–H groups in total. The van der Waals surface area contributed by atoms with Gasteiger partial charge < -0.3 is 14.5 Å². The molecule has 1 aromatic heterocycles. The molecule has 0 saturated carbocycles. The maximum absolute atomic E-state index is 12.5. The lowest BCUT2D eigenvalue weighted by Gasteiger charge is -2.22. The van der Waals surface area contributed by atoms with E-state index in [2.05, 4.69) is 4.98 Å². The van der Waals surface area contributed by atoms with Crippen molar-refractivity contribution < 1.29 is 14.3 Å². The summed E-state index contributed by atoms with van der Waals surface area (Å²) in [6, 6.07) is 3.63. The average molecular weight is 319 g/mol. The average Bonchev–Trinajstić information content (AvgIpc) is 2.78. The fourth-order valence-corrected chi connectivity index (χ4v) is 2.41. The van der Waals surface area contributed by atoms with Crippen LogP contribution in [0.25, 0.3) is 0 Å². The first kappa shape index (κ1) is 17.2. The van der Waals surface area contributed by atoms with Crippen LogP contribution in [0.4, 0.5) is 4.79 Å². The van der Waals surface area contributed by atoms with E-state index >= 15 is 0 Å². The van der Waals surface area contributed by atoms with Gasteiger partial charge in [-0.3, -0.25) is 9.78 Å². The second-order valence-corrected chi connectivity index (χ2v) is 6.29. The number of carbonyl (C=O) groups excluding carboxylic acids is 2. The number of carbonyl (C=O) groups is 2. The van der Waals surface area contributed by atoms with E-state index in [9.17, 15) is 9.59 Å². The van der Waals surface area contributed by atoms with Gasteiger partial charge in [0.1, 0.15) is 0 Å². The number of pyridine rings is 1. The lowest BCUT2D eigenvalue weighted by molar-refractivity contribution is 0.0746. The Morgan fingerprint density at radius 2 is 1.87 bits per heavy atom. The van der Waals surface area contributed by atoms with Crippen LogP contribution in [0.3, 0.4) is 0 Å². The Morgan fingerprint density at radius 3 is 2.52 bits per heavy atom. The van der Waals surface area contributed by atoms with Gasteiger partial charge in [0.15, 0.2) is 0 Å². The SMILES string of the molecule is Cc1ccc(C(=O)N2CCCN(C(=O)OCC(C)C)CC2)cn1. The predicted octanol–water partition coefficient (Wildman–Crippen LogP) is 2.33. The molecule has 0 atom stereocenters. The highest BCUT2D eigenvalue weighted by molar-refractivity contribution is 5.94. The molecule has 1 saturated heterocycles. The van der Waals surface area contributed by atoms with Crippen LogP contribution in [0.5, 0.6) is 0 Å². The molecule has 0 spiro atoms. The molecule has 2 heterocycles. The van der Waals surface area contributed by atoms with Crippen LogP contribution in [-0.2, 0) is 4.74 Å². The van der Waals surface area contributed by atoms with Crippen LogP contribution < -0.4 is 0 Å². The van der Waals surface area contributed by atoms with Crippen LogP contribution in [0.2, 0.25) is 0 Å². The van der Waals surface area contributed by atoms with Crippen molar-refractivity contribution in [1.29, 1.82) is 0 Å². The topological polar surface area (TPSA) is 62.7 Å². The Bertz CT molecular complexity index is 543. The first-order chi connectivity index (χ1) is 11.0. The summed E-state index contributed by atoms with van der Waals surface area (Å²) in [5.74, 6) is 0.285. The highest BCUT2D eigenvalue weighted by Gasteiger charge is 2.23. The van der Waals surface area contributed by atoms with Crippen molar-refractivity contribution >= 4 is 12.0 Å². The monoisotopic (exact) mass is 319 g/mol. The summed E-state index contributed by atoms with van der Waals surface area (Å²) < 4.78 is 5.27. The highest BCUT2D eigenvalue weighted by atomic mass is 16.6. The minimum absolute atomic E-state index is 0.0325. The van der Waals surface area contributed by atoms with E-state index in [-0.39, 0.29) is 12.0 Å². The van der Waals surface area contributed by atoms with Gasteiger partial charge in [-0.1, -0.05) is 13.8 Å². The van der Waals surface area contributed by atoms with Gasteiger partial charge in [-0.15, -0.1) is 0 Å². The number of aryl methyl sites for hydroxylation is 1.